The molecule has 15 heteroatoms. The zero-order valence-corrected chi connectivity index (χ0v) is 16.1. The van der Waals surface area contributed by atoms with Crippen LogP contribution in [0.2, 0.25) is 0 Å². The molecule has 0 aliphatic carbocycles. The van der Waals surface area contributed by atoms with Gasteiger partial charge in [-0.3, -0.25) is 14.2 Å². The first kappa shape index (κ1) is 20.0. The summed E-state index contributed by atoms with van der Waals surface area (Å²) in [6.45, 7) is 1.03. The van der Waals surface area contributed by atoms with Crippen LogP contribution in [0.15, 0.2) is 12.4 Å². The summed E-state index contributed by atoms with van der Waals surface area (Å²) in [5, 5.41) is 12.1. The monoisotopic (exact) mass is 431 g/mol. The average Bonchev–Trinajstić information content (AvgIpc) is 3.39. The van der Waals surface area contributed by atoms with E-state index in [0.29, 0.717) is 24.4 Å². The van der Waals surface area contributed by atoms with E-state index in [4.69, 9.17) is 9.39 Å². The summed E-state index contributed by atoms with van der Waals surface area (Å²) in [4.78, 5) is 32.9. The highest BCUT2D eigenvalue weighted by Crippen LogP contribution is 2.30. The fourth-order valence-corrected chi connectivity index (χ4v) is 4.29. The first-order valence-electron chi connectivity index (χ1n) is 9.09. The topological polar surface area (TPSA) is 168 Å². The van der Waals surface area contributed by atoms with Crippen molar-refractivity contribution in [3.05, 3.63) is 12.4 Å². The number of hydrogen-bond acceptors (Lipinski definition) is 9. The molecule has 3 saturated heterocycles. The highest BCUT2D eigenvalue weighted by molar-refractivity contribution is 7.80. The smallest absolute Gasteiger partial charge is 0.309 e. The molecule has 0 radical (unpaired) electrons. The molecule has 0 aromatic carbocycles. The molecule has 1 aromatic heterocycles. The number of hydroxylamine groups is 3. The quantitative estimate of drug-likeness (QED) is 0.332. The fourth-order valence-electron chi connectivity index (χ4n) is 3.90. The van der Waals surface area contributed by atoms with Crippen molar-refractivity contribution in [2.24, 2.45) is 0 Å². The van der Waals surface area contributed by atoms with E-state index in [0.717, 1.165) is 6.42 Å². The van der Waals surface area contributed by atoms with Gasteiger partial charge in [-0.2, -0.15) is 28.5 Å². The van der Waals surface area contributed by atoms with Crippen LogP contribution < -0.4 is 10.8 Å². The first-order valence-corrected chi connectivity index (χ1v) is 10.5. The predicted octanol–water partition coefficient (Wildman–Crippen LogP) is -1.77. The Morgan fingerprint density at radius 1 is 1.31 bits per heavy atom. The van der Waals surface area contributed by atoms with E-state index in [9.17, 15) is 18.0 Å². The van der Waals surface area contributed by atoms with E-state index in [1.807, 2.05) is 0 Å². The van der Waals surface area contributed by atoms with Gasteiger partial charge >= 0.3 is 16.4 Å². The summed E-state index contributed by atoms with van der Waals surface area (Å²) in [7, 11) is -4.83. The van der Waals surface area contributed by atoms with Crippen LogP contribution in [0.3, 0.4) is 0 Å². The van der Waals surface area contributed by atoms with Crippen LogP contribution >= 0.6 is 0 Å². The van der Waals surface area contributed by atoms with Crippen LogP contribution in [-0.4, -0.2) is 87.7 Å². The molecule has 1 aromatic rings. The number of piperidine rings is 1. The second-order valence-corrected chi connectivity index (χ2v) is 8.14. The van der Waals surface area contributed by atoms with Gasteiger partial charge < -0.3 is 10.2 Å². The lowest BCUT2D eigenvalue weighted by molar-refractivity contribution is -0.139. The van der Waals surface area contributed by atoms with E-state index in [-0.39, 0.29) is 25.2 Å². The number of fused-ring (bicyclic) bond motifs is 2. The summed E-state index contributed by atoms with van der Waals surface area (Å²) < 4.78 is 35.0. The molecule has 0 saturated carbocycles. The Morgan fingerprint density at radius 3 is 2.79 bits per heavy atom. The van der Waals surface area contributed by atoms with Crippen molar-refractivity contribution in [3.8, 4) is 0 Å². The van der Waals surface area contributed by atoms with Gasteiger partial charge in [-0.1, -0.05) is 0 Å². The van der Waals surface area contributed by atoms with Crippen LogP contribution in [-0.2, 0) is 24.3 Å². The molecule has 3 fully saturated rings. The number of urea groups is 1. The summed E-state index contributed by atoms with van der Waals surface area (Å²) in [6.07, 6.45) is 4.62. The molecular formula is C14H21N7O7S. The summed E-state index contributed by atoms with van der Waals surface area (Å²) in [6, 6.07) is -2.04. The Hall–Kier alpha value is -2.33. The molecule has 160 valence electrons. The molecular weight excluding hydrogens is 410 g/mol. The van der Waals surface area contributed by atoms with E-state index < -0.39 is 34.4 Å². The standard InChI is InChI=1S/C14H21N7O7S/c22-13(18-27-8-9-5-11(6-15-9)21-16-3-4-17-21)12-2-1-10-7-19(12)14(23)20(10)28-29(24,25)26/h3-4,9-12,15H,1-2,5-8H2,(H,18,22)(H,24,25,26)/t9-,10?,11-,12?/m1/s1. The number of rotatable bonds is 7. The molecule has 2 unspecified atom stereocenters. The Balaban J connectivity index is 1.25. The fraction of sp³-hybridized carbons (Fsp3) is 0.714. The molecule has 3 aliphatic heterocycles. The average molecular weight is 431 g/mol. The minimum Gasteiger partial charge on any atom is -0.309 e. The Labute approximate surface area is 166 Å². The van der Waals surface area contributed by atoms with Crippen molar-refractivity contribution in [3.63, 3.8) is 0 Å². The lowest BCUT2D eigenvalue weighted by Crippen LogP contribution is -2.50. The van der Waals surface area contributed by atoms with Crippen molar-refractivity contribution in [1.82, 2.24) is 35.8 Å². The van der Waals surface area contributed by atoms with E-state index in [1.54, 1.807) is 17.2 Å². The van der Waals surface area contributed by atoms with Crippen LogP contribution in [0.5, 0.6) is 0 Å². The second kappa shape index (κ2) is 7.83. The van der Waals surface area contributed by atoms with Crippen molar-refractivity contribution >= 4 is 22.3 Å². The predicted molar refractivity (Wildman–Crippen MR) is 92.9 cm³/mol. The molecule has 0 spiro atoms. The second-order valence-electron chi connectivity index (χ2n) is 7.13. The molecule has 3 amide bonds. The first-order chi connectivity index (χ1) is 13.8. The van der Waals surface area contributed by atoms with Gasteiger partial charge in [-0.15, -0.1) is 4.28 Å². The van der Waals surface area contributed by atoms with Gasteiger partial charge in [-0.05, 0) is 19.3 Å². The largest absolute Gasteiger partial charge is 0.418 e. The number of nitrogens with one attached hydrogen (secondary N) is 2. The van der Waals surface area contributed by atoms with Gasteiger partial charge in [0.15, 0.2) is 0 Å². The zero-order chi connectivity index (χ0) is 20.6. The molecule has 3 aliphatic rings. The van der Waals surface area contributed by atoms with Crippen LogP contribution in [0.4, 0.5) is 4.79 Å². The third kappa shape index (κ3) is 4.32. The van der Waals surface area contributed by atoms with Gasteiger partial charge in [0.2, 0.25) is 0 Å². The van der Waals surface area contributed by atoms with Crippen LogP contribution in [0.1, 0.15) is 25.3 Å². The lowest BCUT2D eigenvalue weighted by Gasteiger charge is -2.29. The zero-order valence-electron chi connectivity index (χ0n) is 15.2. The van der Waals surface area contributed by atoms with Gasteiger partial charge in [0, 0.05) is 19.1 Å². The minimum absolute atomic E-state index is 0.00843. The number of carbonyl (C=O) groups is 2. The molecule has 4 heterocycles. The van der Waals surface area contributed by atoms with E-state index in [1.165, 1.54) is 4.90 Å². The number of aromatic nitrogens is 3. The van der Waals surface area contributed by atoms with Gasteiger partial charge in [0.05, 0.1) is 31.1 Å². The summed E-state index contributed by atoms with van der Waals surface area (Å²) in [5.41, 5.74) is 2.36. The number of hydrogen-bond donors (Lipinski definition) is 3. The van der Waals surface area contributed by atoms with Crippen molar-refractivity contribution in [1.29, 1.82) is 0 Å². The Morgan fingerprint density at radius 2 is 2.07 bits per heavy atom. The molecule has 2 bridgehead atoms. The van der Waals surface area contributed by atoms with Gasteiger partial charge in [0.25, 0.3) is 5.91 Å². The highest BCUT2D eigenvalue weighted by Gasteiger charge is 2.49. The third-order valence-electron chi connectivity index (χ3n) is 5.22. The summed E-state index contributed by atoms with van der Waals surface area (Å²) in [5.74, 6) is -0.506. The molecule has 4 rings (SSSR count). The minimum atomic E-state index is -4.83. The highest BCUT2D eigenvalue weighted by atomic mass is 32.3. The van der Waals surface area contributed by atoms with Crippen molar-refractivity contribution in [2.45, 2.75) is 43.4 Å². The number of amides is 3. The third-order valence-corrected chi connectivity index (χ3v) is 5.57. The van der Waals surface area contributed by atoms with Crippen LogP contribution in [0.25, 0.3) is 0 Å². The maximum Gasteiger partial charge on any atom is 0.418 e. The maximum absolute atomic E-state index is 12.4. The summed E-state index contributed by atoms with van der Waals surface area (Å²) >= 11 is 0. The molecule has 4 atom stereocenters. The van der Waals surface area contributed by atoms with Crippen LogP contribution in [0, 0.1) is 0 Å². The number of nitrogens with zero attached hydrogens (tertiary/aromatic N) is 5. The maximum atomic E-state index is 12.4. The van der Waals surface area contributed by atoms with E-state index >= 15 is 0 Å². The Kier molecular flexibility index (Phi) is 5.39. The lowest BCUT2D eigenvalue weighted by atomic mass is 10.0. The molecule has 14 nitrogen and oxygen atoms in total. The van der Waals surface area contributed by atoms with E-state index in [2.05, 4.69) is 25.3 Å². The van der Waals surface area contributed by atoms with Crippen molar-refractivity contribution in [2.75, 3.05) is 19.7 Å². The molecule has 3 N–H and O–H groups in total. The molecule has 29 heavy (non-hydrogen) atoms. The van der Waals surface area contributed by atoms with Gasteiger partial charge in [0.1, 0.15) is 6.04 Å². The Bertz CT molecular complexity index is 864. The normalized spacial score (nSPS) is 29.5. The number of carbonyl (C=O) groups excluding carboxylic acids is 2. The van der Waals surface area contributed by atoms with Gasteiger partial charge in [-0.25, -0.2) is 10.3 Å². The van der Waals surface area contributed by atoms with Crippen molar-refractivity contribution < 1.29 is 31.7 Å². The SMILES string of the molecule is O=C(NOC[C@H]1C[C@@H](n2nccn2)CN1)C1CCC2CN1C(=O)N2OS(=O)(=O)O.